The molecule has 0 aliphatic carbocycles. The van der Waals surface area contributed by atoms with Gasteiger partial charge < -0.3 is 0 Å². The zero-order chi connectivity index (χ0) is 9.52. The molecule has 0 unspecified atom stereocenters. The number of rotatable bonds is 1. The molecule has 0 bridgehead atoms. The molecule has 0 amide bonds. The molecule has 12 heavy (non-hydrogen) atoms. The molecule has 0 N–H and O–H groups in total. The van der Waals surface area contributed by atoms with Crippen LogP contribution in [0.4, 0.5) is 0 Å². The molecule has 0 atom stereocenters. The summed E-state index contributed by atoms with van der Waals surface area (Å²) < 4.78 is 24.0. The lowest BCUT2D eigenvalue weighted by Gasteiger charge is -1.96. The van der Waals surface area contributed by atoms with Crippen molar-refractivity contribution in [3.63, 3.8) is 0 Å². The van der Waals surface area contributed by atoms with E-state index in [-0.39, 0.29) is 0 Å². The van der Waals surface area contributed by atoms with Gasteiger partial charge in [0.1, 0.15) is 4.90 Å². The Bertz CT molecular complexity index is 403. The highest BCUT2D eigenvalue weighted by Gasteiger charge is 2.18. The van der Waals surface area contributed by atoms with Crippen LogP contribution in [0.5, 0.6) is 0 Å². The van der Waals surface area contributed by atoms with E-state index < -0.39 is 9.84 Å². The Morgan fingerprint density at radius 3 is 2.00 bits per heavy atom. The first-order chi connectivity index (χ1) is 5.34. The van der Waals surface area contributed by atoms with Crippen molar-refractivity contribution in [2.24, 2.45) is 7.05 Å². The zero-order valence-corrected chi connectivity index (χ0v) is 8.44. The Morgan fingerprint density at radius 1 is 1.33 bits per heavy atom. The van der Waals surface area contributed by atoms with Gasteiger partial charge in [-0.1, -0.05) is 0 Å². The fraction of sp³-hybridized carbons (Fsp3) is 0.571. The topological polar surface area (TPSA) is 52.0 Å². The molecular weight excluding hydrogens is 176 g/mol. The molecule has 68 valence electrons. The number of sulfone groups is 1. The van der Waals surface area contributed by atoms with Crippen LogP contribution < -0.4 is 0 Å². The van der Waals surface area contributed by atoms with Gasteiger partial charge in [0.25, 0.3) is 0 Å². The Balaban J connectivity index is 3.54. The third-order valence-electron chi connectivity index (χ3n) is 1.81. The number of hydrogen-bond donors (Lipinski definition) is 0. The Morgan fingerprint density at radius 2 is 1.83 bits per heavy atom. The van der Waals surface area contributed by atoms with E-state index in [1.165, 1.54) is 6.26 Å². The molecule has 0 spiro atoms. The van der Waals surface area contributed by atoms with Crippen molar-refractivity contribution in [3.8, 4) is 0 Å². The quantitative estimate of drug-likeness (QED) is 0.642. The maximum atomic E-state index is 11.2. The predicted octanol–water partition coefficient (Wildman–Crippen LogP) is 0.440. The average molecular weight is 188 g/mol. The Kier molecular flexibility index (Phi) is 1.99. The fourth-order valence-electron chi connectivity index (χ4n) is 1.29. The first kappa shape index (κ1) is 9.25. The first-order valence-corrected chi connectivity index (χ1v) is 5.43. The van der Waals surface area contributed by atoms with E-state index in [0.29, 0.717) is 16.3 Å². The second kappa shape index (κ2) is 2.58. The van der Waals surface area contributed by atoms with E-state index in [9.17, 15) is 8.42 Å². The van der Waals surface area contributed by atoms with Gasteiger partial charge in [0, 0.05) is 13.3 Å². The van der Waals surface area contributed by atoms with Crippen LogP contribution in [0.1, 0.15) is 11.4 Å². The molecule has 0 saturated carbocycles. The van der Waals surface area contributed by atoms with Crippen LogP contribution in [0.2, 0.25) is 0 Å². The van der Waals surface area contributed by atoms with Crippen molar-refractivity contribution >= 4 is 9.84 Å². The van der Waals surface area contributed by atoms with Crippen LogP contribution in [-0.4, -0.2) is 24.5 Å². The lowest BCUT2D eigenvalue weighted by Crippen LogP contribution is -2.00. The lowest BCUT2D eigenvalue weighted by molar-refractivity contribution is 0.600. The van der Waals surface area contributed by atoms with Crippen LogP contribution in [0, 0.1) is 13.8 Å². The molecule has 1 aromatic heterocycles. The van der Waals surface area contributed by atoms with Crippen molar-refractivity contribution in [1.29, 1.82) is 0 Å². The van der Waals surface area contributed by atoms with Crippen molar-refractivity contribution in [1.82, 2.24) is 9.78 Å². The van der Waals surface area contributed by atoms with Gasteiger partial charge in [0.15, 0.2) is 9.84 Å². The molecule has 0 aliphatic heterocycles. The van der Waals surface area contributed by atoms with Gasteiger partial charge in [0.05, 0.1) is 11.4 Å². The number of nitrogens with zero attached hydrogens (tertiary/aromatic N) is 2. The second-order valence-electron chi connectivity index (χ2n) is 2.90. The molecule has 4 nitrogen and oxygen atoms in total. The Labute approximate surface area is 72.1 Å². The third kappa shape index (κ3) is 1.36. The summed E-state index contributed by atoms with van der Waals surface area (Å²) in [6.45, 7) is 3.44. The normalized spacial score (nSPS) is 12.0. The van der Waals surface area contributed by atoms with Crippen molar-refractivity contribution in [3.05, 3.63) is 11.4 Å². The van der Waals surface area contributed by atoms with Crippen LogP contribution in [0.25, 0.3) is 0 Å². The molecule has 5 heteroatoms. The van der Waals surface area contributed by atoms with E-state index in [0.717, 1.165) is 0 Å². The van der Waals surface area contributed by atoms with Crippen molar-refractivity contribution in [2.45, 2.75) is 18.7 Å². The smallest absolute Gasteiger partial charge is 0.179 e. The number of aryl methyl sites for hydroxylation is 2. The summed E-state index contributed by atoms with van der Waals surface area (Å²) in [7, 11) is -1.39. The molecule has 0 fully saturated rings. The van der Waals surface area contributed by atoms with Gasteiger partial charge in [-0.2, -0.15) is 5.10 Å². The van der Waals surface area contributed by atoms with Crippen LogP contribution in [-0.2, 0) is 16.9 Å². The lowest BCUT2D eigenvalue weighted by atomic mass is 10.4. The van der Waals surface area contributed by atoms with Gasteiger partial charge >= 0.3 is 0 Å². The number of hydrogen-bond acceptors (Lipinski definition) is 3. The van der Waals surface area contributed by atoms with E-state index in [4.69, 9.17) is 0 Å². The van der Waals surface area contributed by atoms with E-state index >= 15 is 0 Å². The van der Waals surface area contributed by atoms with Crippen molar-refractivity contribution < 1.29 is 8.42 Å². The van der Waals surface area contributed by atoms with E-state index in [2.05, 4.69) is 5.10 Å². The monoisotopic (exact) mass is 188 g/mol. The molecule has 1 aromatic rings. The summed E-state index contributed by atoms with van der Waals surface area (Å²) in [5, 5.41) is 4.01. The summed E-state index contributed by atoms with van der Waals surface area (Å²) >= 11 is 0. The standard InChI is InChI=1S/C7H12N2O2S/c1-5-7(12(4,10)11)6(2)9(3)8-5/h1-4H3. The van der Waals surface area contributed by atoms with E-state index in [1.54, 1.807) is 25.6 Å². The summed E-state index contributed by atoms with van der Waals surface area (Å²) in [5.74, 6) is 0. The van der Waals surface area contributed by atoms with Crippen LogP contribution in [0.3, 0.4) is 0 Å². The highest BCUT2D eigenvalue weighted by atomic mass is 32.2. The predicted molar refractivity (Wildman–Crippen MR) is 45.8 cm³/mol. The molecule has 0 aliphatic rings. The van der Waals surface area contributed by atoms with Crippen LogP contribution >= 0.6 is 0 Å². The molecule has 0 aromatic carbocycles. The summed E-state index contributed by atoms with van der Waals surface area (Å²) in [6.07, 6.45) is 1.20. The fourth-order valence-corrected chi connectivity index (χ4v) is 2.54. The molecule has 0 radical (unpaired) electrons. The van der Waals surface area contributed by atoms with Gasteiger partial charge in [-0.15, -0.1) is 0 Å². The SMILES string of the molecule is Cc1nn(C)c(C)c1S(C)(=O)=O. The summed E-state index contributed by atoms with van der Waals surface area (Å²) in [5.41, 5.74) is 1.26. The van der Waals surface area contributed by atoms with Gasteiger partial charge in [-0.25, -0.2) is 8.42 Å². The van der Waals surface area contributed by atoms with Crippen molar-refractivity contribution in [2.75, 3.05) is 6.26 Å². The maximum Gasteiger partial charge on any atom is 0.179 e. The average Bonchev–Trinajstić information content (AvgIpc) is 2.05. The molecule has 1 rings (SSSR count). The number of aromatic nitrogens is 2. The highest BCUT2D eigenvalue weighted by Crippen LogP contribution is 2.17. The minimum absolute atomic E-state index is 0.352. The zero-order valence-electron chi connectivity index (χ0n) is 7.62. The minimum atomic E-state index is -3.13. The third-order valence-corrected chi connectivity index (χ3v) is 3.15. The summed E-state index contributed by atoms with van der Waals surface area (Å²) in [6, 6.07) is 0. The second-order valence-corrected chi connectivity index (χ2v) is 4.85. The highest BCUT2D eigenvalue weighted by molar-refractivity contribution is 7.90. The first-order valence-electron chi connectivity index (χ1n) is 3.54. The summed E-state index contributed by atoms with van der Waals surface area (Å²) in [4.78, 5) is 0.352. The van der Waals surface area contributed by atoms with Gasteiger partial charge in [-0.05, 0) is 13.8 Å². The molecule has 0 saturated heterocycles. The largest absolute Gasteiger partial charge is 0.271 e. The maximum absolute atomic E-state index is 11.2. The van der Waals surface area contributed by atoms with E-state index in [1.807, 2.05) is 0 Å². The minimum Gasteiger partial charge on any atom is -0.271 e. The molecule has 1 heterocycles. The molecular formula is C7H12N2O2S. The van der Waals surface area contributed by atoms with Gasteiger partial charge in [-0.3, -0.25) is 4.68 Å². The van der Waals surface area contributed by atoms with Gasteiger partial charge in [0.2, 0.25) is 0 Å². The Hall–Kier alpha value is -0.840. The van der Waals surface area contributed by atoms with Crippen LogP contribution in [0.15, 0.2) is 4.90 Å².